The highest BCUT2D eigenvalue weighted by atomic mass is 35.5. The highest BCUT2D eigenvalue weighted by Gasteiger charge is 2.33. The molecule has 3 aromatic carbocycles. The van der Waals surface area contributed by atoms with Crippen LogP contribution in [0.5, 0.6) is 0 Å². The maximum absolute atomic E-state index is 13.9. The van der Waals surface area contributed by atoms with Gasteiger partial charge in [0.2, 0.25) is 11.8 Å². The van der Waals surface area contributed by atoms with Crippen molar-refractivity contribution < 1.29 is 18.0 Å². The molecule has 0 radical (unpaired) electrons. The van der Waals surface area contributed by atoms with Crippen LogP contribution in [0.15, 0.2) is 71.6 Å². The Balaban J connectivity index is 2.04. The van der Waals surface area contributed by atoms with Crippen LogP contribution in [-0.4, -0.2) is 44.3 Å². The zero-order valence-electron chi connectivity index (χ0n) is 22.7. The Labute approximate surface area is 251 Å². The lowest BCUT2D eigenvalue weighted by atomic mass is 10.1. The molecule has 7 nitrogen and oxygen atoms in total. The first-order valence-corrected chi connectivity index (χ1v) is 15.2. The first kappa shape index (κ1) is 31.7. The fourth-order valence-corrected chi connectivity index (χ4v) is 5.91. The maximum atomic E-state index is 13.9. The van der Waals surface area contributed by atoms with Crippen LogP contribution in [0, 0.1) is 12.8 Å². The maximum Gasteiger partial charge on any atom is 0.264 e. The van der Waals surface area contributed by atoms with E-state index >= 15 is 0 Å². The lowest BCUT2D eigenvalue weighted by molar-refractivity contribution is -0.139. The van der Waals surface area contributed by atoms with Gasteiger partial charge in [-0.2, -0.15) is 0 Å². The number of hydrogen-bond acceptors (Lipinski definition) is 4. The molecule has 0 aliphatic carbocycles. The van der Waals surface area contributed by atoms with Crippen LogP contribution >= 0.6 is 34.8 Å². The van der Waals surface area contributed by atoms with Crippen LogP contribution in [0.1, 0.15) is 31.9 Å². The second kappa shape index (κ2) is 13.7. The molecule has 0 aromatic heterocycles. The summed E-state index contributed by atoms with van der Waals surface area (Å²) < 4.78 is 28.7. The first-order valence-electron chi connectivity index (χ1n) is 12.6. The van der Waals surface area contributed by atoms with Gasteiger partial charge in [0.1, 0.15) is 12.6 Å². The molecule has 0 bridgehead atoms. The summed E-state index contributed by atoms with van der Waals surface area (Å²) in [6, 6.07) is 16.6. The molecule has 0 saturated heterocycles. The van der Waals surface area contributed by atoms with Crippen LogP contribution in [0.25, 0.3) is 0 Å². The van der Waals surface area contributed by atoms with Gasteiger partial charge in [0, 0.05) is 28.2 Å². The van der Waals surface area contributed by atoms with E-state index in [0.29, 0.717) is 11.6 Å². The highest BCUT2D eigenvalue weighted by molar-refractivity contribution is 7.92. The second-order valence-corrected chi connectivity index (χ2v) is 13.1. The van der Waals surface area contributed by atoms with Crippen LogP contribution in [-0.2, 0) is 26.2 Å². The summed E-state index contributed by atoms with van der Waals surface area (Å²) in [5.41, 5.74) is 1.72. The van der Waals surface area contributed by atoms with Gasteiger partial charge in [0.05, 0.1) is 10.6 Å². The van der Waals surface area contributed by atoms with Gasteiger partial charge in [-0.15, -0.1) is 0 Å². The quantitative estimate of drug-likeness (QED) is 0.270. The van der Waals surface area contributed by atoms with E-state index in [2.05, 4.69) is 5.32 Å². The van der Waals surface area contributed by atoms with E-state index in [9.17, 15) is 18.0 Å². The van der Waals surface area contributed by atoms with Crippen molar-refractivity contribution >= 4 is 62.3 Å². The molecule has 0 fully saturated rings. The lowest BCUT2D eigenvalue weighted by Gasteiger charge is -2.32. The van der Waals surface area contributed by atoms with Gasteiger partial charge in [0.15, 0.2) is 0 Å². The Kier molecular flexibility index (Phi) is 10.9. The Bertz CT molecular complexity index is 1430. The number of rotatable bonds is 11. The number of sulfonamides is 1. The molecule has 1 N–H and O–H groups in total. The number of benzene rings is 3. The number of nitrogens with one attached hydrogen (secondary N) is 1. The summed E-state index contributed by atoms with van der Waals surface area (Å²) in [5.74, 6) is -0.733. The summed E-state index contributed by atoms with van der Waals surface area (Å²) in [4.78, 5) is 28.3. The number of carbonyl (C=O) groups is 2. The van der Waals surface area contributed by atoms with E-state index in [4.69, 9.17) is 34.8 Å². The molecule has 2 amide bonds. The van der Waals surface area contributed by atoms with Crippen LogP contribution in [0.2, 0.25) is 15.1 Å². The number of amides is 2. The molecule has 0 heterocycles. The molecule has 3 rings (SSSR count). The second-order valence-electron chi connectivity index (χ2n) is 9.92. The molecule has 1 atom stereocenters. The Morgan fingerprint density at radius 3 is 1.98 bits per heavy atom. The van der Waals surface area contributed by atoms with E-state index in [1.54, 1.807) is 43.3 Å². The smallest absolute Gasteiger partial charge is 0.264 e. The number of carbonyl (C=O) groups excluding carboxylic acids is 2. The van der Waals surface area contributed by atoms with E-state index in [-0.39, 0.29) is 39.0 Å². The van der Waals surface area contributed by atoms with Crippen molar-refractivity contribution in [2.24, 2.45) is 5.92 Å². The van der Waals surface area contributed by atoms with Crippen LogP contribution in [0.4, 0.5) is 5.69 Å². The monoisotopic (exact) mass is 623 g/mol. The molecule has 3 aromatic rings. The molecule has 40 heavy (non-hydrogen) atoms. The van der Waals surface area contributed by atoms with E-state index in [0.717, 1.165) is 15.4 Å². The van der Waals surface area contributed by atoms with Crippen molar-refractivity contribution in [2.75, 3.05) is 17.4 Å². The summed E-state index contributed by atoms with van der Waals surface area (Å²) in [7, 11) is -4.23. The zero-order chi connectivity index (χ0) is 29.6. The standard InChI is InChI=1S/C29H32Cl3N3O4S/c1-19(2)16-33-29(37)21(4)34(17-22-7-9-23(30)10-8-22)28(36)18-35(26-14-24(31)13-25(32)15-26)40(38,39)27-11-5-20(3)6-12-27/h5-15,19,21H,16-18H2,1-4H3,(H,33,37)/t21-/m1/s1. The summed E-state index contributed by atoms with van der Waals surface area (Å²) in [6.07, 6.45) is 0. The van der Waals surface area contributed by atoms with E-state index < -0.39 is 28.5 Å². The van der Waals surface area contributed by atoms with Crippen molar-refractivity contribution in [3.05, 3.63) is 92.9 Å². The summed E-state index contributed by atoms with van der Waals surface area (Å²) >= 11 is 18.5. The number of hydrogen-bond donors (Lipinski definition) is 1. The van der Waals surface area contributed by atoms with Gasteiger partial charge in [0.25, 0.3) is 10.0 Å². The Morgan fingerprint density at radius 2 is 1.43 bits per heavy atom. The van der Waals surface area contributed by atoms with Gasteiger partial charge in [-0.05, 0) is 67.8 Å². The molecule has 0 spiro atoms. The summed E-state index contributed by atoms with van der Waals surface area (Å²) in [5, 5.41) is 3.79. The number of halogens is 3. The minimum atomic E-state index is -4.23. The third-order valence-corrected chi connectivity index (χ3v) is 8.62. The molecular weight excluding hydrogens is 593 g/mol. The van der Waals surface area contributed by atoms with Gasteiger partial charge in [-0.25, -0.2) is 8.42 Å². The molecular formula is C29H32Cl3N3O4S. The minimum absolute atomic E-state index is 0.00558. The van der Waals surface area contributed by atoms with Gasteiger partial charge >= 0.3 is 0 Å². The normalized spacial score (nSPS) is 12.2. The van der Waals surface area contributed by atoms with Crippen molar-refractivity contribution in [3.63, 3.8) is 0 Å². The summed E-state index contributed by atoms with van der Waals surface area (Å²) in [6.45, 7) is 7.27. The topological polar surface area (TPSA) is 86.8 Å². The predicted octanol–water partition coefficient (Wildman–Crippen LogP) is 6.34. The molecule has 0 aliphatic heterocycles. The highest BCUT2D eigenvalue weighted by Crippen LogP contribution is 2.30. The number of aryl methyl sites for hydroxylation is 1. The first-order chi connectivity index (χ1) is 18.8. The van der Waals surface area contributed by atoms with Crippen LogP contribution in [0.3, 0.4) is 0 Å². The van der Waals surface area contributed by atoms with Gasteiger partial charge in [-0.1, -0.05) is 78.5 Å². The number of nitrogens with zero attached hydrogens (tertiary/aromatic N) is 2. The van der Waals surface area contributed by atoms with Crippen molar-refractivity contribution in [2.45, 2.75) is 45.2 Å². The van der Waals surface area contributed by atoms with E-state index in [1.807, 2.05) is 20.8 Å². The molecule has 214 valence electrons. The fraction of sp³-hybridized carbons (Fsp3) is 0.310. The molecule has 0 aliphatic rings. The molecule has 0 unspecified atom stereocenters. The minimum Gasteiger partial charge on any atom is -0.354 e. The Morgan fingerprint density at radius 1 is 0.850 bits per heavy atom. The number of anilines is 1. The zero-order valence-corrected chi connectivity index (χ0v) is 25.8. The van der Waals surface area contributed by atoms with Gasteiger partial charge in [-0.3, -0.25) is 13.9 Å². The third-order valence-electron chi connectivity index (χ3n) is 6.14. The van der Waals surface area contributed by atoms with E-state index in [1.165, 1.54) is 35.2 Å². The lowest BCUT2D eigenvalue weighted by Crippen LogP contribution is -2.51. The van der Waals surface area contributed by atoms with Gasteiger partial charge < -0.3 is 10.2 Å². The fourth-order valence-electron chi connectivity index (χ4n) is 3.87. The van der Waals surface area contributed by atoms with Crippen molar-refractivity contribution in [3.8, 4) is 0 Å². The predicted molar refractivity (Wildman–Crippen MR) is 161 cm³/mol. The van der Waals surface area contributed by atoms with Crippen molar-refractivity contribution in [1.29, 1.82) is 0 Å². The third kappa shape index (κ3) is 8.36. The van der Waals surface area contributed by atoms with Crippen molar-refractivity contribution in [1.82, 2.24) is 10.2 Å². The average molecular weight is 625 g/mol. The Hall–Kier alpha value is -2.78. The van der Waals surface area contributed by atoms with Crippen LogP contribution < -0.4 is 9.62 Å². The molecule has 11 heteroatoms. The average Bonchev–Trinajstić information content (AvgIpc) is 2.89. The largest absolute Gasteiger partial charge is 0.354 e. The molecule has 0 saturated carbocycles. The SMILES string of the molecule is Cc1ccc(S(=O)(=O)N(CC(=O)N(Cc2ccc(Cl)cc2)[C@H](C)C(=O)NCC(C)C)c2cc(Cl)cc(Cl)c2)cc1.